The maximum absolute atomic E-state index is 11.4. The number of nitriles is 1. The molecule has 0 saturated heterocycles. The fourth-order valence-electron chi connectivity index (χ4n) is 1.36. The highest BCUT2D eigenvalue weighted by atomic mass is 79.9. The normalized spacial score (nSPS) is 9.74. The average Bonchev–Trinajstić information content (AvgIpc) is 2.44. The maximum Gasteiger partial charge on any atom is 0.268 e. The Morgan fingerprint density at radius 2 is 2.21 bits per heavy atom. The van der Waals surface area contributed by atoms with Crippen molar-refractivity contribution in [2.45, 2.75) is 0 Å². The van der Waals surface area contributed by atoms with Gasteiger partial charge in [0.15, 0.2) is 11.5 Å². The molecule has 0 saturated carbocycles. The lowest BCUT2D eigenvalue weighted by atomic mass is 10.2. The predicted octanol–water partition coefficient (Wildman–Crippen LogP) is 2.20. The Hall–Kier alpha value is -2.33. The predicted molar refractivity (Wildman–Crippen MR) is 70.3 cm³/mol. The van der Waals surface area contributed by atoms with Gasteiger partial charge < -0.3 is 14.5 Å². The number of H-pyrrole nitrogens is 1. The number of halogens is 1. The van der Waals surface area contributed by atoms with Crippen LogP contribution in [0.15, 0.2) is 33.8 Å². The van der Waals surface area contributed by atoms with Gasteiger partial charge in [0, 0.05) is 6.07 Å². The van der Waals surface area contributed by atoms with Crippen LogP contribution >= 0.6 is 15.9 Å². The van der Waals surface area contributed by atoms with Crippen LogP contribution < -0.4 is 15.0 Å². The van der Waals surface area contributed by atoms with Crippen LogP contribution in [-0.4, -0.2) is 17.1 Å². The number of nitrogens with one attached hydrogen (secondary N) is 1. The fourth-order valence-corrected chi connectivity index (χ4v) is 1.66. The van der Waals surface area contributed by atoms with E-state index in [9.17, 15) is 4.79 Å². The van der Waals surface area contributed by atoms with Gasteiger partial charge in [-0.1, -0.05) is 0 Å². The quantitative estimate of drug-likeness (QED) is 0.936. The molecule has 0 aliphatic heterocycles. The smallest absolute Gasteiger partial charge is 0.268 e. The molecule has 0 amide bonds. The first kappa shape index (κ1) is 13.1. The molecule has 1 heterocycles. The SMILES string of the molecule is COc1cc(C#N)ccc1Oc1nc[nH]c(=O)c1Br. The largest absolute Gasteiger partial charge is 0.493 e. The highest BCUT2D eigenvalue weighted by molar-refractivity contribution is 9.10. The van der Waals surface area contributed by atoms with Gasteiger partial charge in [-0.3, -0.25) is 4.79 Å². The minimum Gasteiger partial charge on any atom is -0.493 e. The van der Waals surface area contributed by atoms with E-state index in [0.29, 0.717) is 17.1 Å². The van der Waals surface area contributed by atoms with E-state index >= 15 is 0 Å². The molecule has 0 radical (unpaired) electrons. The molecule has 0 aliphatic carbocycles. The summed E-state index contributed by atoms with van der Waals surface area (Å²) in [6.07, 6.45) is 1.23. The summed E-state index contributed by atoms with van der Waals surface area (Å²) in [6.45, 7) is 0. The molecule has 7 heteroatoms. The van der Waals surface area contributed by atoms with Crippen LogP contribution in [0.3, 0.4) is 0 Å². The summed E-state index contributed by atoms with van der Waals surface area (Å²) < 4.78 is 10.8. The summed E-state index contributed by atoms with van der Waals surface area (Å²) in [5.74, 6) is 0.861. The fraction of sp³-hybridized carbons (Fsp3) is 0.0833. The molecule has 1 N–H and O–H groups in total. The molecule has 0 spiro atoms. The Morgan fingerprint density at radius 3 is 2.89 bits per heavy atom. The molecule has 1 aromatic carbocycles. The number of methoxy groups -OCH3 is 1. The first-order chi connectivity index (χ1) is 9.15. The van der Waals surface area contributed by atoms with E-state index in [0.717, 1.165) is 0 Å². The number of nitrogens with zero attached hydrogens (tertiary/aromatic N) is 2. The van der Waals surface area contributed by atoms with Crippen molar-refractivity contribution in [1.29, 1.82) is 5.26 Å². The Labute approximate surface area is 116 Å². The zero-order valence-electron chi connectivity index (χ0n) is 9.81. The van der Waals surface area contributed by atoms with E-state index < -0.39 is 0 Å². The molecule has 19 heavy (non-hydrogen) atoms. The van der Waals surface area contributed by atoms with Gasteiger partial charge in [-0.2, -0.15) is 5.26 Å². The van der Waals surface area contributed by atoms with Gasteiger partial charge in [0.25, 0.3) is 5.56 Å². The van der Waals surface area contributed by atoms with Crippen molar-refractivity contribution >= 4 is 15.9 Å². The molecule has 0 bridgehead atoms. The van der Waals surface area contributed by atoms with Crippen LogP contribution in [0.4, 0.5) is 0 Å². The van der Waals surface area contributed by atoms with Crippen LogP contribution in [0.1, 0.15) is 5.56 Å². The standard InChI is InChI=1S/C12H8BrN3O3/c1-18-9-4-7(5-14)2-3-8(9)19-12-10(13)11(17)15-6-16-12/h2-4,6H,1H3,(H,15,16,17). The molecule has 0 aliphatic rings. The van der Waals surface area contributed by atoms with Crippen LogP contribution in [0.25, 0.3) is 0 Å². The molecule has 2 aromatic rings. The highest BCUT2D eigenvalue weighted by Gasteiger charge is 2.12. The number of hydrogen-bond acceptors (Lipinski definition) is 5. The second-order valence-electron chi connectivity index (χ2n) is 3.43. The Balaban J connectivity index is 2.41. The second-order valence-corrected chi connectivity index (χ2v) is 4.22. The molecule has 0 unspecified atom stereocenters. The van der Waals surface area contributed by atoms with Gasteiger partial charge in [-0.15, -0.1) is 0 Å². The lowest BCUT2D eigenvalue weighted by Crippen LogP contribution is -2.08. The van der Waals surface area contributed by atoms with Crippen LogP contribution in [0.5, 0.6) is 17.4 Å². The van der Waals surface area contributed by atoms with E-state index in [1.54, 1.807) is 12.1 Å². The van der Waals surface area contributed by atoms with Crippen LogP contribution in [-0.2, 0) is 0 Å². The summed E-state index contributed by atoms with van der Waals surface area (Å²) in [6, 6.07) is 6.69. The monoisotopic (exact) mass is 321 g/mol. The van der Waals surface area contributed by atoms with Gasteiger partial charge in [0.1, 0.15) is 4.47 Å². The lowest BCUT2D eigenvalue weighted by Gasteiger charge is -2.10. The third-order valence-corrected chi connectivity index (χ3v) is 2.96. The number of benzene rings is 1. The third-order valence-electron chi connectivity index (χ3n) is 2.26. The molecule has 96 valence electrons. The lowest BCUT2D eigenvalue weighted by molar-refractivity contribution is 0.372. The first-order valence-corrected chi connectivity index (χ1v) is 5.94. The van der Waals surface area contributed by atoms with E-state index in [4.69, 9.17) is 14.7 Å². The van der Waals surface area contributed by atoms with E-state index in [2.05, 4.69) is 25.9 Å². The van der Waals surface area contributed by atoms with Gasteiger partial charge in [-0.05, 0) is 28.1 Å². The number of rotatable bonds is 3. The van der Waals surface area contributed by atoms with E-state index in [-0.39, 0.29) is 15.9 Å². The molecular weight excluding hydrogens is 314 g/mol. The third kappa shape index (κ3) is 2.74. The second kappa shape index (κ2) is 5.54. The van der Waals surface area contributed by atoms with Gasteiger partial charge in [0.2, 0.25) is 5.88 Å². The van der Waals surface area contributed by atoms with Crippen LogP contribution in [0.2, 0.25) is 0 Å². The Morgan fingerprint density at radius 1 is 1.42 bits per heavy atom. The van der Waals surface area contributed by atoms with Gasteiger partial charge in [0.05, 0.1) is 25.1 Å². The minimum atomic E-state index is -0.349. The molecule has 0 fully saturated rings. The van der Waals surface area contributed by atoms with Crippen LogP contribution in [0, 0.1) is 11.3 Å². The van der Waals surface area contributed by atoms with E-state index in [1.807, 2.05) is 6.07 Å². The van der Waals surface area contributed by atoms with Crippen molar-refractivity contribution in [3.05, 3.63) is 44.9 Å². The number of aromatic nitrogens is 2. The van der Waals surface area contributed by atoms with Crippen molar-refractivity contribution in [2.24, 2.45) is 0 Å². The summed E-state index contributed by atoms with van der Waals surface area (Å²) >= 11 is 3.09. The zero-order valence-corrected chi connectivity index (χ0v) is 11.4. The highest BCUT2D eigenvalue weighted by Crippen LogP contribution is 2.33. The zero-order chi connectivity index (χ0) is 13.8. The van der Waals surface area contributed by atoms with Crippen molar-refractivity contribution in [2.75, 3.05) is 7.11 Å². The summed E-state index contributed by atoms with van der Waals surface area (Å²) in [4.78, 5) is 17.7. The molecule has 0 atom stereocenters. The number of aromatic amines is 1. The topological polar surface area (TPSA) is 88.0 Å². The van der Waals surface area contributed by atoms with Crippen molar-refractivity contribution in [1.82, 2.24) is 9.97 Å². The van der Waals surface area contributed by atoms with Crippen molar-refractivity contribution < 1.29 is 9.47 Å². The molecule has 1 aromatic heterocycles. The number of ether oxygens (including phenoxy) is 2. The Kier molecular flexibility index (Phi) is 3.82. The number of hydrogen-bond donors (Lipinski definition) is 1. The van der Waals surface area contributed by atoms with Crippen molar-refractivity contribution in [3.8, 4) is 23.4 Å². The summed E-state index contributed by atoms with van der Waals surface area (Å²) in [5.41, 5.74) is 0.0970. The average molecular weight is 322 g/mol. The Bertz CT molecular complexity index is 706. The molecule has 2 rings (SSSR count). The summed E-state index contributed by atoms with van der Waals surface area (Å²) in [7, 11) is 1.46. The first-order valence-electron chi connectivity index (χ1n) is 5.15. The molecular formula is C12H8BrN3O3. The maximum atomic E-state index is 11.4. The van der Waals surface area contributed by atoms with E-state index in [1.165, 1.54) is 19.5 Å². The van der Waals surface area contributed by atoms with Gasteiger partial charge in [-0.25, -0.2) is 4.98 Å². The van der Waals surface area contributed by atoms with Gasteiger partial charge >= 0.3 is 0 Å². The molecule has 6 nitrogen and oxygen atoms in total. The minimum absolute atomic E-state index is 0.117. The summed E-state index contributed by atoms with van der Waals surface area (Å²) in [5, 5.41) is 8.81. The van der Waals surface area contributed by atoms with Crippen molar-refractivity contribution in [3.63, 3.8) is 0 Å².